The molecule has 0 radical (unpaired) electrons. The van der Waals surface area contributed by atoms with Gasteiger partial charge in [0.1, 0.15) is 11.6 Å². The van der Waals surface area contributed by atoms with E-state index in [4.69, 9.17) is 11.6 Å². The average Bonchev–Trinajstić information content (AvgIpc) is 2.81. The fourth-order valence-corrected chi connectivity index (χ4v) is 4.92. The van der Waals surface area contributed by atoms with Crippen LogP contribution < -0.4 is 4.90 Å². The predicted octanol–water partition coefficient (Wildman–Crippen LogP) is 2.75. The molecule has 0 bridgehead atoms. The van der Waals surface area contributed by atoms with Crippen LogP contribution in [0.15, 0.2) is 30.6 Å². The molecule has 0 unspecified atom stereocenters. The molecular weight excluding hydrogens is 443 g/mol. The van der Waals surface area contributed by atoms with Crippen LogP contribution in [0, 0.1) is 5.82 Å². The van der Waals surface area contributed by atoms with Crippen molar-refractivity contribution >= 4 is 23.3 Å². The number of nitrogens with zero attached hydrogens (tertiary/aromatic N) is 6. The molecular formula is C24H30ClFN6O. The molecule has 3 fully saturated rings. The molecule has 9 heteroatoms. The van der Waals surface area contributed by atoms with E-state index >= 15 is 0 Å². The number of carbonyl (C=O) groups excluding carboxylic acids is 1. The van der Waals surface area contributed by atoms with Gasteiger partial charge in [-0.1, -0.05) is 24.1 Å². The zero-order chi connectivity index (χ0) is 22.8. The Morgan fingerprint density at radius 3 is 2.36 bits per heavy atom. The van der Waals surface area contributed by atoms with Crippen molar-refractivity contribution < 1.29 is 9.18 Å². The lowest BCUT2D eigenvalue weighted by molar-refractivity contribution is -0.134. The Morgan fingerprint density at radius 1 is 1.00 bits per heavy atom. The van der Waals surface area contributed by atoms with Gasteiger partial charge < -0.3 is 9.80 Å². The van der Waals surface area contributed by atoms with E-state index in [0.29, 0.717) is 17.8 Å². The fourth-order valence-electron chi connectivity index (χ4n) is 4.80. The van der Waals surface area contributed by atoms with Crippen molar-refractivity contribution in [3.8, 4) is 11.3 Å². The summed E-state index contributed by atoms with van der Waals surface area (Å²) in [6.45, 7) is 7.47. The number of rotatable bonds is 5. The largest absolute Gasteiger partial charge is 0.353 e. The predicted molar refractivity (Wildman–Crippen MR) is 127 cm³/mol. The van der Waals surface area contributed by atoms with Crippen molar-refractivity contribution in [2.24, 2.45) is 0 Å². The lowest BCUT2D eigenvalue weighted by atomic mass is 9.91. The fraction of sp³-hybridized carbons (Fsp3) is 0.542. The van der Waals surface area contributed by atoms with Crippen molar-refractivity contribution in [2.45, 2.75) is 25.3 Å². The Balaban J connectivity index is 1.09. The normalized spacial score (nSPS) is 20.7. The zero-order valence-electron chi connectivity index (χ0n) is 18.8. The second-order valence-electron chi connectivity index (χ2n) is 9.15. The van der Waals surface area contributed by atoms with E-state index < -0.39 is 5.82 Å². The Labute approximate surface area is 199 Å². The summed E-state index contributed by atoms with van der Waals surface area (Å²) in [6.07, 6.45) is 7.39. The third-order valence-corrected chi connectivity index (χ3v) is 7.47. The van der Waals surface area contributed by atoms with Gasteiger partial charge in [0.15, 0.2) is 0 Å². The molecule has 3 aliphatic rings. The molecule has 2 aliphatic heterocycles. The van der Waals surface area contributed by atoms with Crippen LogP contribution in [0.4, 0.5) is 10.2 Å². The maximum atomic E-state index is 13.7. The second kappa shape index (κ2) is 9.91. The highest BCUT2D eigenvalue weighted by molar-refractivity contribution is 6.30. The number of hydrogen-bond donors (Lipinski definition) is 0. The standard InChI is InChI=1S/C24H30ClFN6O/c25-20-5-4-18(14-21(20)26)22-15-28-23(16-27-22)31-8-6-29(7-9-31)17-24(33)32-12-10-30(11-13-32)19-2-1-3-19/h4-5,14-16,19H,1-3,6-13,17H2. The van der Waals surface area contributed by atoms with Crippen molar-refractivity contribution in [3.05, 3.63) is 41.4 Å². The van der Waals surface area contributed by atoms with Gasteiger partial charge in [-0.25, -0.2) is 9.37 Å². The van der Waals surface area contributed by atoms with Crippen LogP contribution in [0.5, 0.6) is 0 Å². The SMILES string of the molecule is O=C(CN1CCN(c2cnc(-c3ccc(Cl)c(F)c3)cn2)CC1)N1CCN(C2CCC2)CC1. The molecule has 5 rings (SSSR count). The molecule has 7 nitrogen and oxygen atoms in total. The number of piperazine rings is 2. The first-order chi connectivity index (χ1) is 16.1. The van der Waals surface area contributed by atoms with Crippen molar-refractivity contribution in [3.63, 3.8) is 0 Å². The van der Waals surface area contributed by atoms with Gasteiger partial charge in [0.25, 0.3) is 0 Å². The molecule has 0 atom stereocenters. The maximum Gasteiger partial charge on any atom is 0.236 e. The van der Waals surface area contributed by atoms with E-state index in [2.05, 4.69) is 24.7 Å². The van der Waals surface area contributed by atoms with E-state index in [0.717, 1.165) is 64.2 Å². The highest BCUT2D eigenvalue weighted by atomic mass is 35.5. The summed E-state index contributed by atoms with van der Waals surface area (Å²) < 4.78 is 13.7. The van der Waals surface area contributed by atoms with E-state index in [1.165, 1.54) is 31.4 Å². The summed E-state index contributed by atoms with van der Waals surface area (Å²) in [4.78, 5) is 30.8. The minimum Gasteiger partial charge on any atom is -0.353 e. The Kier molecular flexibility index (Phi) is 6.76. The first-order valence-electron chi connectivity index (χ1n) is 11.8. The van der Waals surface area contributed by atoms with Crippen LogP contribution in [0.1, 0.15) is 19.3 Å². The third-order valence-electron chi connectivity index (χ3n) is 7.17. The van der Waals surface area contributed by atoms with Crippen LogP contribution in [0.2, 0.25) is 5.02 Å². The highest BCUT2D eigenvalue weighted by Crippen LogP contribution is 2.26. The Hall–Kier alpha value is -2.29. The van der Waals surface area contributed by atoms with Gasteiger partial charge in [0, 0.05) is 64.0 Å². The van der Waals surface area contributed by atoms with E-state index in [1.54, 1.807) is 18.5 Å². The molecule has 2 saturated heterocycles. The summed E-state index contributed by atoms with van der Waals surface area (Å²) >= 11 is 5.76. The first-order valence-corrected chi connectivity index (χ1v) is 12.2. The topological polar surface area (TPSA) is 55.8 Å². The van der Waals surface area contributed by atoms with Crippen LogP contribution in [-0.2, 0) is 4.79 Å². The van der Waals surface area contributed by atoms with Crippen molar-refractivity contribution in [1.29, 1.82) is 0 Å². The lowest BCUT2D eigenvalue weighted by Gasteiger charge is -2.43. The lowest BCUT2D eigenvalue weighted by Crippen LogP contribution is -2.56. The smallest absolute Gasteiger partial charge is 0.236 e. The van der Waals surface area contributed by atoms with Gasteiger partial charge in [0.2, 0.25) is 5.91 Å². The van der Waals surface area contributed by atoms with Gasteiger partial charge in [-0.3, -0.25) is 19.6 Å². The number of anilines is 1. The van der Waals surface area contributed by atoms with Crippen LogP contribution in [0.25, 0.3) is 11.3 Å². The molecule has 1 aliphatic carbocycles. The highest BCUT2D eigenvalue weighted by Gasteiger charge is 2.30. The van der Waals surface area contributed by atoms with Gasteiger partial charge in [-0.2, -0.15) is 0 Å². The van der Waals surface area contributed by atoms with E-state index in [9.17, 15) is 9.18 Å². The molecule has 0 spiro atoms. The summed E-state index contributed by atoms with van der Waals surface area (Å²) in [5.74, 6) is 0.577. The maximum absolute atomic E-state index is 13.7. The third kappa shape index (κ3) is 5.13. The molecule has 33 heavy (non-hydrogen) atoms. The number of benzene rings is 1. The number of hydrogen-bond acceptors (Lipinski definition) is 6. The summed E-state index contributed by atoms with van der Waals surface area (Å²) in [5, 5.41) is 0.0932. The van der Waals surface area contributed by atoms with Crippen molar-refractivity contribution in [1.82, 2.24) is 24.7 Å². The molecule has 2 aromatic rings. The molecule has 176 valence electrons. The average molecular weight is 473 g/mol. The zero-order valence-corrected chi connectivity index (χ0v) is 19.6. The van der Waals surface area contributed by atoms with Crippen LogP contribution >= 0.6 is 11.6 Å². The first kappa shape index (κ1) is 22.5. The number of carbonyl (C=O) groups is 1. The monoisotopic (exact) mass is 472 g/mol. The number of amides is 1. The number of halogens is 2. The molecule has 1 amide bonds. The minimum atomic E-state index is -0.467. The van der Waals surface area contributed by atoms with Gasteiger partial charge in [-0.15, -0.1) is 0 Å². The molecule has 0 N–H and O–H groups in total. The summed E-state index contributed by atoms with van der Waals surface area (Å²) in [6, 6.07) is 5.39. The van der Waals surface area contributed by atoms with E-state index in [1.807, 2.05) is 4.90 Å². The van der Waals surface area contributed by atoms with Gasteiger partial charge in [-0.05, 0) is 25.0 Å². The summed E-state index contributed by atoms with van der Waals surface area (Å²) in [7, 11) is 0. The second-order valence-corrected chi connectivity index (χ2v) is 9.56. The minimum absolute atomic E-state index is 0.0932. The molecule has 3 heterocycles. The Bertz CT molecular complexity index is 969. The van der Waals surface area contributed by atoms with Crippen LogP contribution in [0.3, 0.4) is 0 Å². The van der Waals surface area contributed by atoms with Gasteiger partial charge >= 0.3 is 0 Å². The Morgan fingerprint density at radius 2 is 1.76 bits per heavy atom. The quantitative estimate of drug-likeness (QED) is 0.667. The molecule has 1 aromatic heterocycles. The molecule has 1 saturated carbocycles. The van der Waals surface area contributed by atoms with Crippen molar-refractivity contribution in [2.75, 3.05) is 63.8 Å². The molecule has 1 aromatic carbocycles. The number of aromatic nitrogens is 2. The summed E-state index contributed by atoms with van der Waals surface area (Å²) in [5.41, 5.74) is 1.25. The van der Waals surface area contributed by atoms with Gasteiger partial charge in [0.05, 0.1) is 29.7 Å². The van der Waals surface area contributed by atoms with E-state index in [-0.39, 0.29) is 10.9 Å². The van der Waals surface area contributed by atoms with Crippen LogP contribution in [-0.4, -0.2) is 95.5 Å².